The molecule has 2 aromatic rings. The minimum absolute atomic E-state index is 0.443. The Bertz CT molecular complexity index is 783. The number of rotatable bonds is 3. The van der Waals surface area contributed by atoms with E-state index < -0.39 is 0 Å². The van der Waals surface area contributed by atoms with Crippen molar-refractivity contribution in [1.82, 2.24) is 9.55 Å². The summed E-state index contributed by atoms with van der Waals surface area (Å²) in [6, 6.07) is 5.84. The van der Waals surface area contributed by atoms with Crippen LogP contribution in [0.5, 0.6) is 0 Å². The average Bonchev–Trinajstić information content (AvgIpc) is 3.03. The van der Waals surface area contributed by atoms with Gasteiger partial charge in [-0.25, -0.2) is 4.98 Å². The van der Waals surface area contributed by atoms with Crippen LogP contribution in [0.4, 0.5) is 11.6 Å². The van der Waals surface area contributed by atoms with Crippen LogP contribution in [0.2, 0.25) is 0 Å². The van der Waals surface area contributed by atoms with E-state index in [9.17, 15) is 0 Å². The second kappa shape index (κ2) is 4.13. The molecule has 2 aliphatic rings. The molecule has 2 unspecified atom stereocenters. The summed E-state index contributed by atoms with van der Waals surface area (Å²) < 4.78 is 2.07. The van der Waals surface area contributed by atoms with Gasteiger partial charge in [0.2, 0.25) is 5.95 Å². The van der Waals surface area contributed by atoms with Crippen molar-refractivity contribution in [1.29, 1.82) is 0 Å². The van der Waals surface area contributed by atoms with Gasteiger partial charge in [0, 0.05) is 19.3 Å². The summed E-state index contributed by atoms with van der Waals surface area (Å²) in [5.41, 5.74) is 10.4. The first-order valence-electron chi connectivity index (χ1n) is 7.41. The largest absolute Gasteiger partial charge is 0.399 e. The zero-order valence-electron chi connectivity index (χ0n) is 12.4. The van der Waals surface area contributed by atoms with Crippen LogP contribution in [-0.4, -0.2) is 16.1 Å². The Morgan fingerprint density at radius 1 is 1.48 bits per heavy atom. The quantitative estimate of drug-likeness (QED) is 0.849. The van der Waals surface area contributed by atoms with Crippen LogP contribution in [-0.2, 0) is 7.05 Å². The number of benzene rings is 1. The van der Waals surface area contributed by atoms with Gasteiger partial charge in [-0.3, -0.25) is 0 Å². The predicted octanol–water partition coefficient (Wildman–Crippen LogP) is 3.09. The molecule has 1 fully saturated rings. The fourth-order valence-corrected chi connectivity index (χ4v) is 3.14. The van der Waals surface area contributed by atoms with Crippen LogP contribution >= 0.6 is 0 Å². The van der Waals surface area contributed by atoms with Gasteiger partial charge in [0.15, 0.2) is 0 Å². The first kappa shape index (κ1) is 12.5. The molecular weight excluding hydrogens is 260 g/mol. The lowest BCUT2D eigenvalue weighted by atomic mass is 9.98. The highest BCUT2D eigenvalue weighted by atomic mass is 15.2. The van der Waals surface area contributed by atoms with Crippen LogP contribution in [0, 0.1) is 11.3 Å². The lowest BCUT2D eigenvalue weighted by molar-refractivity contribution is 0.685. The fraction of sp³-hybridized carbons (Fsp3) is 0.353. The van der Waals surface area contributed by atoms with Gasteiger partial charge in [-0.05, 0) is 41.5 Å². The maximum absolute atomic E-state index is 5.82. The number of nitrogens with zero attached hydrogens (tertiary/aromatic N) is 2. The number of nitrogen functional groups attached to an aromatic ring is 1. The van der Waals surface area contributed by atoms with Gasteiger partial charge in [0.1, 0.15) is 0 Å². The number of allylic oxidation sites excluding steroid dienone is 2. The molecule has 1 heterocycles. The van der Waals surface area contributed by atoms with Crippen molar-refractivity contribution < 1.29 is 0 Å². The second-order valence-electron chi connectivity index (χ2n) is 6.49. The number of nitrogens with one attached hydrogen (secondary N) is 1. The monoisotopic (exact) mass is 280 g/mol. The third kappa shape index (κ3) is 2.02. The Labute approximate surface area is 124 Å². The van der Waals surface area contributed by atoms with Crippen LogP contribution in [0.1, 0.15) is 13.3 Å². The van der Waals surface area contributed by atoms with E-state index in [1.54, 1.807) is 0 Å². The molecule has 0 amide bonds. The Morgan fingerprint density at radius 3 is 3.14 bits per heavy atom. The summed E-state index contributed by atoms with van der Waals surface area (Å²) in [4.78, 5) is 4.62. The topological polar surface area (TPSA) is 55.9 Å². The highest BCUT2D eigenvalue weighted by molar-refractivity contribution is 5.81. The molecule has 108 valence electrons. The molecule has 2 atom stereocenters. The Hall–Kier alpha value is -2.23. The summed E-state index contributed by atoms with van der Waals surface area (Å²) in [5, 5.41) is 3.43. The first-order chi connectivity index (χ1) is 10.0. The van der Waals surface area contributed by atoms with Crippen molar-refractivity contribution in [3.63, 3.8) is 0 Å². The number of aromatic nitrogens is 2. The molecule has 2 aliphatic carbocycles. The zero-order chi connectivity index (χ0) is 14.6. The predicted molar refractivity (Wildman–Crippen MR) is 87.1 cm³/mol. The smallest absolute Gasteiger partial charge is 0.203 e. The van der Waals surface area contributed by atoms with E-state index in [4.69, 9.17) is 5.73 Å². The van der Waals surface area contributed by atoms with Crippen molar-refractivity contribution in [3.8, 4) is 0 Å². The van der Waals surface area contributed by atoms with Crippen LogP contribution in [0.15, 0.2) is 42.0 Å². The molecule has 21 heavy (non-hydrogen) atoms. The molecule has 0 radical (unpaired) electrons. The molecule has 0 bridgehead atoms. The molecule has 1 aromatic heterocycles. The third-order valence-electron chi connectivity index (χ3n) is 4.80. The van der Waals surface area contributed by atoms with Gasteiger partial charge >= 0.3 is 0 Å². The number of imidazole rings is 1. The van der Waals surface area contributed by atoms with E-state index in [2.05, 4.69) is 40.0 Å². The van der Waals surface area contributed by atoms with Crippen molar-refractivity contribution in [3.05, 3.63) is 42.0 Å². The van der Waals surface area contributed by atoms with Crippen molar-refractivity contribution in [2.45, 2.75) is 13.3 Å². The van der Waals surface area contributed by atoms with Crippen LogP contribution < -0.4 is 11.1 Å². The van der Waals surface area contributed by atoms with E-state index in [1.807, 2.05) is 25.2 Å². The molecule has 1 aromatic carbocycles. The summed E-state index contributed by atoms with van der Waals surface area (Å²) in [7, 11) is 2.02. The standard InChI is InChI=1S/C17H20N4/c1-17-6-5-11(7-12(17)9-17)10-19-16-20-14-8-13(18)3-4-15(14)21(16)2/h3-8,12H,9-10,18H2,1-2H3,(H,19,20). The number of hydrogen-bond acceptors (Lipinski definition) is 3. The SMILES string of the molecule is Cn1c(NCC2=CC3CC3(C)C=C2)nc2cc(N)ccc21. The molecule has 4 nitrogen and oxygen atoms in total. The number of aryl methyl sites for hydroxylation is 1. The number of anilines is 2. The fourth-order valence-electron chi connectivity index (χ4n) is 3.14. The van der Waals surface area contributed by atoms with Gasteiger partial charge in [-0.1, -0.05) is 25.2 Å². The summed E-state index contributed by atoms with van der Waals surface area (Å²) in [6.45, 7) is 3.14. The second-order valence-corrected chi connectivity index (χ2v) is 6.49. The Balaban J connectivity index is 1.54. The third-order valence-corrected chi connectivity index (χ3v) is 4.80. The van der Waals surface area contributed by atoms with E-state index in [1.165, 1.54) is 12.0 Å². The van der Waals surface area contributed by atoms with Gasteiger partial charge in [-0.15, -0.1) is 0 Å². The molecule has 0 aliphatic heterocycles. The normalized spacial score (nSPS) is 26.6. The molecule has 0 saturated heterocycles. The van der Waals surface area contributed by atoms with Gasteiger partial charge < -0.3 is 15.6 Å². The molecule has 4 rings (SSSR count). The van der Waals surface area contributed by atoms with Gasteiger partial charge in [0.25, 0.3) is 0 Å². The lowest BCUT2D eigenvalue weighted by Gasteiger charge is -2.12. The highest BCUT2D eigenvalue weighted by Gasteiger charge is 2.47. The highest BCUT2D eigenvalue weighted by Crippen LogP contribution is 2.56. The Morgan fingerprint density at radius 2 is 2.33 bits per heavy atom. The molecular formula is C17H20N4. The zero-order valence-corrected chi connectivity index (χ0v) is 12.4. The van der Waals surface area contributed by atoms with E-state index >= 15 is 0 Å². The van der Waals surface area contributed by atoms with Crippen LogP contribution in [0.25, 0.3) is 11.0 Å². The number of hydrogen-bond donors (Lipinski definition) is 2. The summed E-state index contributed by atoms with van der Waals surface area (Å²) in [5.74, 6) is 1.62. The molecule has 0 spiro atoms. The van der Waals surface area contributed by atoms with Gasteiger partial charge in [-0.2, -0.15) is 0 Å². The first-order valence-corrected chi connectivity index (χ1v) is 7.41. The Kier molecular flexibility index (Phi) is 2.46. The minimum Gasteiger partial charge on any atom is -0.399 e. The van der Waals surface area contributed by atoms with Gasteiger partial charge in [0.05, 0.1) is 11.0 Å². The number of fused-ring (bicyclic) bond motifs is 2. The van der Waals surface area contributed by atoms with Crippen molar-refractivity contribution in [2.24, 2.45) is 18.4 Å². The maximum Gasteiger partial charge on any atom is 0.203 e. The lowest BCUT2D eigenvalue weighted by Crippen LogP contribution is -2.10. The number of nitrogens with two attached hydrogens (primary N) is 1. The molecule has 3 N–H and O–H groups in total. The van der Waals surface area contributed by atoms with Crippen LogP contribution in [0.3, 0.4) is 0 Å². The maximum atomic E-state index is 5.82. The minimum atomic E-state index is 0.443. The van der Waals surface area contributed by atoms with Crippen molar-refractivity contribution >= 4 is 22.7 Å². The van der Waals surface area contributed by atoms with E-state index in [0.717, 1.165) is 35.1 Å². The molecule has 1 saturated carbocycles. The average molecular weight is 280 g/mol. The summed E-state index contributed by atoms with van der Waals surface area (Å²) in [6.07, 6.45) is 8.29. The van der Waals surface area contributed by atoms with Crippen molar-refractivity contribution in [2.75, 3.05) is 17.6 Å². The van der Waals surface area contributed by atoms with E-state index in [-0.39, 0.29) is 0 Å². The van der Waals surface area contributed by atoms with E-state index in [0.29, 0.717) is 5.41 Å². The molecule has 4 heteroatoms. The summed E-state index contributed by atoms with van der Waals surface area (Å²) >= 11 is 0.